The number of carbonyl (C=O) groups excluding carboxylic acids is 12. The van der Waals surface area contributed by atoms with Gasteiger partial charge in [0.05, 0.1) is 90.7 Å². The summed E-state index contributed by atoms with van der Waals surface area (Å²) in [5, 5.41) is 45.8. The maximum Gasteiger partial charge on any atom is 1.00 e. The van der Waals surface area contributed by atoms with Gasteiger partial charge >= 0.3 is 65.4 Å². The van der Waals surface area contributed by atoms with Crippen molar-refractivity contribution in [2.45, 2.75) is 310 Å². The number of imide groups is 2. The molecule has 137 heavy (non-hydrogen) atoms. The van der Waals surface area contributed by atoms with Crippen molar-refractivity contribution in [3.8, 4) is 0 Å². The third-order valence-corrected chi connectivity index (χ3v) is 27.9. The molecule has 6 aliphatic heterocycles. The number of rotatable bonds is 17. The van der Waals surface area contributed by atoms with E-state index in [1.54, 1.807) is 51.3 Å². The second-order valence-corrected chi connectivity index (χ2v) is 42.3. The fourth-order valence-corrected chi connectivity index (χ4v) is 19.3. The van der Waals surface area contributed by atoms with Gasteiger partial charge in [-0.3, -0.25) is 62.9 Å². The van der Waals surface area contributed by atoms with Gasteiger partial charge in [-0.1, -0.05) is 102 Å². The van der Waals surface area contributed by atoms with Crippen molar-refractivity contribution in [1.82, 2.24) is 34.9 Å². The molecular formula is C102H148BClN12NaO20. The van der Waals surface area contributed by atoms with Gasteiger partial charge in [0.15, 0.2) is 0 Å². The average Bonchev–Trinajstić information content (AvgIpc) is 0.779. The zero-order valence-electron chi connectivity index (χ0n) is 83.4. The largest absolute Gasteiger partial charge is 1.00 e. The number of benzene rings is 2. The number of piperidine rings is 5. The number of aliphatic imine (C=N–C) groups is 1. The first-order valence-electron chi connectivity index (χ1n) is 48.7. The molecule has 6 unspecified atom stereocenters. The number of anilines is 2. The Labute approximate surface area is 838 Å². The number of nitrogens with two attached hydrogens (primary N) is 2. The quantitative estimate of drug-likeness (QED) is 0.0205. The van der Waals surface area contributed by atoms with Crippen LogP contribution in [0.3, 0.4) is 0 Å². The van der Waals surface area contributed by atoms with Crippen LogP contribution in [-0.2, 0) is 70.5 Å². The van der Waals surface area contributed by atoms with Crippen molar-refractivity contribution in [3.05, 3.63) is 120 Å². The number of pyridine rings is 2. The number of nitrogens with zero attached hydrogens (tertiary/aromatic N) is 7. The third-order valence-electron chi connectivity index (χ3n) is 27.6. The van der Waals surface area contributed by atoms with Crippen LogP contribution < -0.4 is 57.0 Å². The summed E-state index contributed by atoms with van der Waals surface area (Å²) in [4.78, 5) is 163. The first kappa shape index (κ1) is 114. The molecule has 4 aromatic rings. The fourth-order valence-electron chi connectivity index (χ4n) is 19.1. The Morgan fingerprint density at radius 3 is 1.32 bits per heavy atom. The number of hydrogen-bond acceptors (Lipinski definition) is 24. The van der Waals surface area contributed by atoms with Crippen LogP contribution in [-0.4, -0.2) is 240 Å². The minimum atomic E-state index is -0.758. The van der Waals surface area contributed by atoms with Crippen LogP contribution in [0.15, 0.2) is 103 Å². The number of halogens is 1. The number of nitrogens with one attached hydrogen (secondary N) is 3. The summed E-state index contributed by atoms with van der Waals surface area (Å²) in [7, 11) is 0. The van der Waals surface area contributed by atoms with E-state index in [-0.39, 0.29) is 157 Å². The molecule has 35 heteroatoms. The minimum absolute atomic E-state index is 0. The number of aromatic nitrogens is 2. The van der Waals surface area contributed by atoms with E-state index in [4.69, 9.17) is 47.1 Å². The summed E-state index contributed by atoms with van der Waals surface area (Å²) in [5.74, 6) is -0.910. The molecule has 2 aromatic carbocycles. The molecule has 3 radical (unpaired) electrons. The molecule has 32 nitrogen and oxygen atoms in total. The molecule has 8 heterocycles. The summed E-state index contributed by atoms with van der Waals surface area (Å²) in [6.45, 7) is 28.5. The first-order chi connectivity index (χ1) is 63.9. The molecule has 16 rings (SSSR count). The van der Waals surface area contributed by atoms with E-state index in [0.29, 0.717) is 120 Å². The molecule has 747 valence electrons. The van der Waals surface area contributed by atoms with E-state index in [0.717, 1.165) is 111 Å². The smallest absolute Gasteiger partial charge is 1.00 e. The normalized spacial score (nSPS) is 29.6. The standard InChI is InChI=1S/C23H31NO5.2C18H24N4O4.C12H13ClO2.C11H19NO3.C10H19NO.C10H17NO.B.Na.H/c1-15-10-19(21(26)24(13-15)22(27)29-23(2,3)4)20(25)17-11-18(12-17)28-14-16-8-6-5-7-9-16;2*1-10-2-3-15(11-5-14(23)6-11)22(9-10)18(26)17(25)21-13-4-12(16(19)24)7-20-8-13;13-12(14)10-6-11(7-10)15-8-9-4-2-1-3-5-9;1-8-5-6-9(13)12(7-8)10(14)15-11(2,3)4;2*1-7-2-3-10(11-6-7)8-4-9(12)5-8;;;/h5-9,15,17-19H,10-14H2,1-4H3;2*4,7-8,10-11,14-15,23H,2-3,5-6,9H2,1H3,(H2,19,24)(H,21,25);1-5,10-11H,6-8H2;8H,5-7H2,1-4H3;7-12H,2-6H2,1H3;7-9,12H,2-6H2,1H3;;;/q;;;;;;;;+1;-1/t;2*10-,11?,14?,15+;;;;;;;/m.00......./s1. The molecule has 0 spiro atoms. The third kappa shape index (κ3) is 35.3. The summed E-state index contributed by atoms with van der Waals surface area (Å²) in [6.07, 6.45) is 23.9. The van der Waals surface area contributed by atoms with Crippen molar-refractivity contribution in [1.29, 1.82) is 0 Å². The van der Waals surface area contributed by atoms with E-state index in [9.17, 15) is 72.9 Å². The summed E-state index contributed by atoms with van der Waals surface area (Å²) in [6, 6.07) is 23.4. The average molecular weight is 1930 g/mol. The second kappa shape index (κ2) is 53.4. The molecule has 0 bridgehead atoms. The van der Waals surface area contributed by atoms with Gasteiger partial charge in [-0.25, -0.2) is 19.4 Å². The van der Waals surface area contributed by atoms with E-state index in [1.807, 2.05) is 74.5 Å². The maximum absolute atomic E-state index is 13.0. The summed E-state index contributed by atoms with van der Waals surface area (Å²) < 4.78 is 22.0. The van der Waals surface area contributed by atoms with Crippen molar-refractivity contribution in [3.63, 3.8) is 0 Å². The second-order valence-electron chi connectivity index (χ2n) is 42.0. The van der Waals surface area contributed by atoms with E-state index in [1.165, 1.54) is 79.8 Å². The van der Waals surface area contributed by atoms with Crippen LogP contribution in [0.1, 0.15) is 264 Å². The van der Waals surface area contributed by atoms with E-state index >= 15 is 0 Å². The number of ether oxygens (including phenoxy) is 4. The molecule has 10 atom stereocenters. The Bertz CT molecular complexity index is 4570. The van der Waals surface area contributed by atoms with E-state index in [2.05, 4.69) is 58.6 Å². The van der Waals surface area contributed by atoms with Crippen LogP contribution in [0.5, 0.6) is 0 Å². The Hall–Kier alpha value is -8.48. The summed E-state index contributed by atoms with van der Waals surface area (Å²) >= 11 is 5.37. The number of carbonyl (C=O) groups is 12. The van der Waals surface area contributed by atoms with Crippen LogP contribution in [0.4, 0.5) is 21.0 Å². The fraction of sp³-hybridized carbons (Fsp3) is 0.657. The maximum atomic E-state index is 13.0. The van der Waals surface area contributed by atoms with Gasteiger partial charge in [0.25, 0.3) is 0 Å². The molecule has 2 aromatic heterocycles. The van der Waals surface area contributed by atoms with Gasteiger partial charge in [0.1, 0.15) is 17.0 Å². The Kier molecular flexibility index (Phi) is 44.4. The van der Waals surface area contributed by atoms with Crippen molar-refractivity contribution in [2.24, 2.45) is 93.4 Å². The number of Topliss-reactive ketones (excluding diaryl/α,β-unsaturated/α-hetero) is 1. The van der Waals surface area contributed by atoms with Gasteiger partial charge in [0.2, 0.25) is 28.9 Å². The predicted molar refractivity (Wildman–Crippen MR) is 516 cm³/mol. The van der Waals surface area contributed by atoms with E-state index < -0.39 is 70.7 Å². The number of likely N-dealkylation sites (tertiary alicyclic amines) is 4. The molecule has 12 aliphatic rings. The minimum Gasteiger partial charge on any atom is -1.00 e. The van der Waals surface area contributed by atoms with Crippen molar-refractivity contribution >= 4 is 108 Å². The zero-order chi connectivity index (χ0) is 98.3. The first-order valence-corrected chi connectivity index (χ1v) is 49.1. The van der Waals surface area contributed by atoms with Crippen molar-refractivity contribution < 1.29 is 128 Å². The molecule has 6 saturated carbocycles. The van der Waals surface area contributed by atoms with Gasteiger partial charge in [-0.05, 0) is 277 Å². The zero-order valence-corrected chi connectivity index (χ0v) is 85.2. The van der Waals surface area contributed by atoms with Crippen LogP contribution >= 0.6 is 11.6 Å². The number of aliphatic hydroxyl groups is 4. The number of aliphatic hydroxyl groups excluding tert-OH is 4. The predicted octanol–water partition coefficient (Wildman–Crippen LogP) is 9.44. The molecule has 10 amide bonds. The Morgan fingerprint density at radius 2 is 0.912 bits per heavy atom. The number of hydrogen-bond donors (Lipinski definition) is 9. The van der Waals surface area contributed by atoms with Crippen LogP contribution in [0.2, 0.25) is 0 Å². The topological polar surface area (TPSA) is 462 Å². The SMILES string of the molecule is CC1CC(C(=O)C2CC(OCc3ccccc3)C2)C(=O)N(C(=O)OC(C)(C)C)C1.CC1CCC(=O)N(C(=O)OC(C)(C)C)C1.CC1CCC(C2CC(O)C2)=NC1.CC1CCC(C2CC(O)C2)NC1.C[C@H]1CC[C@H](C2CC(O)C2)N(C(=O)C(=O)Nc2cncc(C(N)=O)c2)C1.C[C@H]1CC[C@H](C2CC(O)C2)N(C(=O)C(=O)Nc2cncc(C(N)=O)c2)C1.O=C(Cl)C1CC(OCc2ccccc2)C1.[B].[H-].[Na+]. The Morgan fingerprint density at radius 1 is 0.496 bits per heavy atom. The van der Waals surface area contributed by atoms with Gasteiger partial charge in [0, 0.05) is 102 Å². The van der Waals surface area contributed by atoms with Gasteiger partial charge in [-0.2, -0.15) is 0 Å². The number of amides is 10. The number of primary amides is 2. The summed E-state index contributed by atoms with van der Waals surface area (Å²) in [5.41, 5.74) is 13.6. The number of ketones is 1. The Balaban J connectivity index is 0.000000224. The molecular weight excluding hydrogens is 1780 g/mol. The van der Waals surface area contributed by atoms with Crippen LogP contribution in [0, 0.1) is 76.9 Å². The van der Waals surface area contributed by atoms with Gasteiger partial charge in [-0.15, -0.1) is 0 Å². The van der Waals surface area contributed by atoms with Crippen LogP contribution in [0.25, 0.3) is 0 Å². The molecule has 11 fully saturated rings. The monoisotopic (exact) mass is 1930 g/mol. The van der Waals surface area contributed by atoms with Crippen molar-refractivity contribution in [2.75, 3.05) is 49.9 Å². The molecule has 11 N–H and O–H groups in total. The molecule has 5 saturated heterocycles. The molecule has 6 aliphatic carbocycles. The van der Waals surface area contributed by atoms with Gasteiger partial charge < -0.3 is 78.0 Å².